The van der Waals surface area contributed by atoms with E-state index in [1.807, 2.05) is 27.2 Å². The van der Waals surface area contributed by atoms with Crippen molar-refractivity contribution in [2.24, 2.45) is 0 Å². The van der Waals surface area contributed by atoms with E-state index in [1.165, 1.54) is 250 Å². The molecule has 0 radical (unpaired) electrons. The average Bonchev–Trinajstić information content (AvgIpc) is 3.50. The Labute approximate surface area is 516 Å². The van der Waals surface area contributed by atoms with Gasteiger partial charge in [-0.3, -0.25) is 13.8 Å². The van der Waals surface area contributed by atoms with Crippen LogP contribution in [-0.4, -0.2) is 73.4 Å². The van der Waals surface area contributed by atoms with Crippen molar-refractivity contribution in [2.75, 3.05) is 40.9 Å². The number of hydrogen-bond acceptors (Lipinski definition) is 5. The molecule has 3 N–H and O–H groups in total. The highest BCUT2D eigenvalue weighted by Crippen LogP contribution is 2.43. The standard InChI is InChI=1S/C74H139N2O6P/c1-6-8-10-12-14-16-18-20-22-24-26-28-30-31-32-33-34-35-36-37-38-39-40-41-42-43-44-45-46-48-50-52-54-56-58-60-62-64-66-68-74(78)75-72(71-82-83(79,80)81-70-69-76(3,4)5)73(77)67-65-63-61-59-57-55-53-51-49-47-29-27-25-23-21-19-17-15-13-11-9-7-2/h8,10,14,16,20,22,26,28,31-32,65,67,72-73,77H,6-7,9,11-13,15,17-19,21,23-25,27,29-30,33-64,66,68-71H2,1-5H3,(H-,75,78,79,80)/p+1/b10-8-,16-14-,22-20-,28-26-,32-31-,67-65+. The molecule has 486 valence electrons. The number of rotatable bonds is 66. The predicted molar refractivity (Wildman–Crippen MR) is 364 cm³/mol. The van der Waals surface area contributed by atoms with Gasteiger partial charge in [-0.05, 0) is 64.2 Å². The molecule has 3 unspecified atom stereocenters. The molecule has 0 rings (SSSR count). The molecule has 9 heteroatoms. The van der Waals surface area contributed by atoms with Crippen LogP contribution in [0.3, 0.4) is 0 Å². The maximum absolute atomic E-state index is 13.1. The lowest BCUT2D eigenvalue weighted by atomic mass is 10.0. The fourth-order valence-electron chi connectivity index (χ4n) is 10.7. The van der Waals surface area contributed by atoms with E-state index in [0.717, 1.165) is 70.6 Å². The highest BCUT2D eigenvalue weighted by atomic mass is 31.2. The summed E-state index contributed by atoms with van der Waals surface area (Å²) in [6.07, 6.45) is 90.6. The molecule has 8 nitrogen and oxygen atoms in total. The van der Waals surface area contributed by atoms with Crippen LogP contribution in [-0.2, 0) is 18.4 Å². The van der Waals surface area contributed by atoms with Crippen LogP contribution in [0.5, 0.6) is 0 Å². The topological polar surface area (TPSA) is 105 Å². The average molecular weight is 1180 g/mol. The monoisotopic (exact) mass is 1180 g/mol. The number of aliphatic hydroxyl groups excluding tert-OH is 1. The molecule has 0 saturated carbocycles. The smallest absolute Gasteiger partial charge is 0.387 e. The van der Waals surface area contributed by atoms with Crippen LogP contribution in [0.15, 0.2) is 72.9 Å². The zero-order valence-electron chi connectivity index (χ0n) is 55.7. The van der Waals surface area contributed by atoms with Crippen LogP contribution in [0.25, 0.3) is 0 Å². The van der Waals surface area contributed by atoms with Gasteiger partial charge >= 0.3 is 7.82 Å². The molecule has 0 aliphatic heterocycles. The minimum absolute atomic E-state index is 0.0623. The number of nitrogens with zero attached hydrogens (tertiary/aromatic N) is 1. The van der Waals surface area contributed by atoms with Crippen LogP contribution in [0.4, 0.5) is 0 Å². The van der Waals surface area contributed by atoms with Gasteiger partial charge in [-0.25, -0.2) is 4.57 Å². The lowest BCUT2D eigenvalue weighted by Crippen LogP contribution is -2.45. The molecule has 0 aromatic rings. The van der Waals surface area contributed by atoms with Gasteiger partial charge in [0.1, 0.15) is 13.2 Å². The minimum atomic E-state index is -4.35. The molecular formula is C74H140N2O6P+. The molecule has 0 heterocycles. The molecule has 0 fully saturated rings. The van der Waals surface area contributed by atoms with Crippen LogP contribution >= 0.6 is 7.82 Å². The van der Waals surface area contributed by atoms with Gasteiger partial charge in [0.05, 0.1) is 39.9 Å². The van der Waals surface area contributed by atoms with Crippen LogP contribution in [0.2, 0.25) is 0 Å². The van der Waals surface area contributed by atoms with Gasteiger partial charge in [0.25, 0.3) is 0 Å². The number of quaternary nitrogens is 1. The predicted octanol–water partition coefficient (Wildman–Crippen LogP) is 22.9. The van der Waals surface area contributed by atoms with E-state index in [1.54, 1.807) is 6.08 Å². The fourth-order valence-corrected chi connectivity index (χ4v) is 11.4. The van der Waals surface area contributed by atoms with Gasteiger partial charge in [0.15, 0.2) is 0 Å². The number of phosphoric ester groups is 1. The third kappa shape index (κ3) is 67.3. The molecule has 83 heavy (non-hydrogen) atoms. The number of aliphatic hydroxyl groups is 1. The van der Waals surface area contributed by atoms with E-state index in [9.17, 15) is 19.4 Å². The van der Waals surface area contributed by atoms with Crippen LogP contribution < -0.4 is 5.32 Å². The molecular weight excluding hydrogens is 1040 g/mol. The summed E-state index contributed by atoms with van der Waals surface area (Å²) in [6, 6.07) is -0.848. The first-order valence-electron chi connectivity index (χ1n) is 35.8. The number of allylic oxidation sites excluding steroid dienone is 11. The van der Waals surface area contributed by atoms with Crippen molar-refractivity contribution in [1.29, 1.82) is 0 Å². The summed E-state index contributed by atoms with van der Waals surface area (Å²) in [6.45, 7) is 4.75. The van der Waals surface area contributed by atoms with Gasteiger partial charge in [0, 0.05) is 6.42 Å². The Morgan fingerprint density at radius 2 is 0.723 bits per heavy atom. The number of likely N-dealkylation sites (N-methyl/N-ethyl adjacent to an activating group) is 1. The maximum Gasteiger partial charge on any atom is 0.472 e. The quantitative estimate of drug-likeness (QED) is 0.0243. The van der Waals surface area contributed by atoms with E-state index in [0.29, 0.717) is 17.4 Å². The lowest BCUT2D eigenvalue weighted by molar-refractivity contribution is -0.870. The largest absolute Gasteiger partial charge is 0.472 e. The second-order valence-corrected chi connectivity index (χ2v) is 27.0. The summed E-state index contributed by atoms with van der Waals surface area (Å²) in [5.41, 5.74) is 0. The summed E-state index contributed by atoms with van der Waals surface area (Å²) >= 11 is 0. The molecule has 0 bridgehead atoms. The Kier molecular flexibility index (Phi) is 62.8. The zero-order chi connectivity index (χ0) is 60.5. The number of amides is 1. The number of phosphoric acid groups is 1. The summed E-state index contributed by atoms with van der Waals surface area (Å²) < 4.78 is 23.8. The number of carbonyl (C=O) groups excluding carboxylic acids is 1. The number of hydrogen-bond donors (Lipinski definition) is 3. The Morgan fingerprint density at radius 3 is 1.06 bits per heavy atom. The van der Waals surface area contributed by atoms with Crippen LogP contribution in [0, 0.1) is 0 Å². The molecule has 0 aliphatic carbocycles. The SMILES string of the molecule is CC/C=C\C/C=C\C/C=C\C/C=C\C/C=C\CCCCCCCCCCCCCCCCCCCCCCCCCC(=O)NC(COP(=O)(O)OCC[N+](C)(C)C)C(O)/C=C/CCCCCCCCCCCCCCCCCCCCCC. The third-order valence-electron chi connectivity index (χ3n) is 16.2. The highest BCUT2D eigenvalue weighted by molar-refractivity contribution is 7.47. The highest BCUT2D eigenvalue weighted by Gasteiger charge is 2.28. The van der Waals surface area contributed by atoms with Gasteiger partial charge in [-0.15, -0.1) is 0 Å². The Balaban J connectivity index is 3.97. The van der Waals surface area contributed by atoms with E-state index >= 15 is 0 Å². The van der Waals surface area contributed by atoms with Crippen molar-refractivity contribution >= 4 is 13.7 Å². The minimum Gasteiger partial charge on any atom is -0.387 e. The summed E-state index contributed by atoms with van der Waals surface area (Å²) in [7, 11) is 1.59. The van der Waals surface area contributed by atoms with Crippen molar-refractivity contribution in [2.45, 2.75) is 353 Å². The summed E-state index contributed by atoms with van der Waals surface area (Å²) in [4.78, 5) is 23.4. The number of nitrogens with one attached hydrogen (secondary N) is 1. The molecule has 0 aliphatic rings. The zero-order valence-corrected chi connectivity index (χ0v) is 56.6. The summed E-state index contributed by atoms with van der Waals surface area (Å²) in [5.74, 6) is -0.171. The molecule has 0 saturated heterocycles. The van der Waals surface area contributed by atoms with E-state index in [2.05, 4.69) is 79.9 Å². The number of unbranched alkanes of at least 4 members (excludes halogenated alkanes) is 43. The van der Waals surface area contributed by atoms with Gasteiger partial charge < -0.3 is 19.8 Å². The second kappa shape index (κ2) is 64.4. The van der Waals surface area contributed by atoms with Crippen molar-refractivity contribution in [3.8, 4) is 0 Å². The molecule has 0 aromatic carbocycles. The van der Waals surface area contributed by atoms with Gasteiger partial charge in [-0.2, -0.15) is 0 Å². The van der Waals surface area contributed by atoms with Crippen molar-refractivity contribution in [1.82, 2.24) is 5.32 Å². The lowest BCUT2D eigenvalue weighted by Gasteiger charge is -2.25. The third-order valence-corrected chi connectivity index (χ3v) is 17.2. The molecule has 0 spiro atoms. The first-order chi connectivity index (χ1) is 40.5. The van der Waals surface area contributed by atoms with Gasteiger partial charge in [0.2, 0.25) is 5.91 Å². The Morgan fingerprint density at radius 1 is 0.422 bits per heavy atom. The van der Waals surface area contributed by atoms with Gasteiger partial charge in [-0.1, -0.05) is 344 Å². The van der Waals surface area contributed by atoms with E-state index < -0.39 is 20.0 Å². The molecule has 0 aromatic heterocycles. The fraction of sp³-hybridized carbons (Fsp3) is 0.824. The van der Waals surface area contributed by atoms with Crippen molar-refractivity contribution in [3.63, 3.8) is 0 Å². The normalized spacial score (nSPS) is 14.1. The summed E-state index contributed by atoms with van der Waals surface area (Å²) in [5, 5.41) is 14.0. The second-order valence-electron chi connectivity index (χ2n) is 25.6. The van der Waals surface area contributed by atoms with Crippen LogP contribution in [0.1, 0.15) is 341 Å². The Bertz CT molecular complexity index is 1580. The van der Waals surface area contributed by atoms with Crippen molar-refractivity contribution < 1.29 is 32.9 Å². The van der Waals surface area contributed by atoms with E-state index in [-0.39, 0.29) is 19.1 Å². The molecule has 1 amide bonds. The maximum atomic E-state index is 13.1. The Hall–Kier alpha value is -2.06. The van der Waals surface area contributed by atoms with E-state index in [4.69, 9.17) is 9.05 Å². The molecule has 3 atom stereocenters. The number of carbonyl (C=O) groups is 1. The first kappa shape index (κ1) is 80.9. The van der Waals surface area contributed by atoms with Crippen molar-refractivity contribution in [3.05, 3.63) is 72.9 Å². The first-order valence-corrected chi connectivity index (χ1v) is 37.3.